The molecule has 0 spiro atoms. The maximum absolute atomic E-state index is 4.55. The molecule has 1 N–H and O–H groups in total. The van der Waals surface area contributed by atoms with Crippen molar-refractivity contribution >= 4 is 16.5 Å². The van der Waals surface area contributed by atoms with E-state index in [9.17, 15) is 0 Å². The zero-order valence-corrected chi connectivity index (χ0v) is 17.3. The summed E-state index contributed by atoms with van der Waals surface area (Å²) in [4.78, 5) is 6.23. The molecular weight excluding hydrogens is 328 g/mol. The molecule has 1 aromatic carbocycles. The van der Waals surface area contributed by atoms with Crippen molar-refractivity contribution in [3.63, 3.8) is 0 Å². The van der Waals surface area contributed by atoms with Crippen LogP contribution in [0.3, 0.4) is 0 Å². The molecule has 1 fully saturated rings. The molecule has 1 saturated carbocycles. The van der Waals surface area contributed by atoms with Crippen molar-refractivity contribution in [2.24, 2.45) is 5.41 Å². The number of rotatable bonds is 4. The highest BCUT2D eigenvalue weighted by molar-refractivity contribution is 5.88. The van der Waals surface area contributed by atoms with Crippen LogP contribution in [0.5, 0.6) is 0 Å². The minimum Gasteiger partial charge on any atom is -0.375 e. The third kappa shape index (κ3) is 3.72. The van der Waals surface area contributed by atoms with Crippen molar-refractivity contribution < 1.29 is 0 Å². The summed E-state index contributed by atoms with van der Waals surface area (Å²) < 4.78 is 0. The lowest BCUT2D eigenvalue weighted by atomic mass is 9.74. The fourth-order valence-corrected chi connectivity index (χ4v) is 5.01. The maximum Gasteiger partial charge on any atom is 0.0462 e. The first-order chi connectivity index (χ1) is 12.9. The van der Waals surface area contributed by atoms with Crippen LogP contribution in [-0.2, 0) is 0 Å². The zero-order chi connectivity index (χ0) is 19.0. The Morgan fingerprint density at radius 3 is 2.63 bits per heavy atom. The standard InChI is InChI=1S/C25H34N2/c1-18(23-16-19-10-8-9-13-22(19)26-23)21-14-15-25(2,3)17-24(21)27(4)20-11-6-5-7-12-20/h8-10,13,16,20,26H,1,5-7,11-12,14-15,17H2,2-4H3. The highest BCUT2D eigenvalue weighted by atomic mass is 15.1. The van der Waals surface area contributed by atoms with Gasteiger partial charge in [-0.15, -0.1) is 0 Å². The molecule has 0 amide bonds. The van der Waals surface area contributed by atoms with Gasteiger partial charge in [-0.1, -0.05) is 57.9 Å². The molecule has 0 aliphatic heterocycles. The van der Waals surface area contributed by atoms with Crippen molar-refractivity contribution in [2.75, 3.05) is 7.05 Å². The average Bonchev–Trinajstić information content (AvgIpc) is 3.11. The minimum absolute atomic E-state index is 0.377. The Labute approximate surface area is 164 Å². The Kier molecular flexibility index (Phi) is 4.92. The number of hydrogen-bond donors (Lipinski definition) is 1. The highest BCUT2D eigenvalue weighted by Gasteiger charge is 2.32. The molecule has 0 atom stereocenters. The first kappa shape index (κ1) is 18.4. The molecule has 2 heteroatoms. The van der Waals surface area contributed by atoms with Crippen LogP contribution < -0.4 is 0 Å². The molecule has 144 valence electrons. The number of fused-ring (bicyclic) bond motifs is 1. The molecule has 0 radical (unpaired) electrons. The average molecular weight is 363 g/mol. The van der Waals surface area contributed by atoms with Crippen LogP contribution in [0.2, 0.25) is 0 Å². The first-order valence-electron chi connectivity index (χ1n) is 10.7. The molecule has 2 aliphatic rings. The second-order valence-corrected chi connectivity index (χ2v) is 9.42. The van der Waals surface area contributed by atoms with E-state index in [0.717, 1.165) is 12.8 Å². The van der Waals surface area contributed by atoms with Gasteiger partial charge in [0.25, 0.3) is 0 Å². The SMILES string of the molecule is C=C(C1=C(N(C)C2CCCCC2)CC(C)(C)CC1)c1cc2ccccc2[nH]1. The quantitative estimate of drug-likeness (QED) is 0.626. The van der Waals surface area contributed by atoms with Gasteiger partial charge in [0.2, 0.25) is 0 Å². The lowest BCUT2D eigenvalue weighted by Crippen LogP contribution is -2.36. The summed E-state index contributed by atoms with van der Waals surface area (Å²) in [5, 5.41) is 1.27. The van der Waals surface area contributed by atoms with E-state index >= 15 is 0 Å². The van der Waals surface area contributed by atoms with Crippen molar-refractivity contribution in [3.05, 3.63) is 53.9 Å². The zero-order valence-electron chi connectivity index (χ0n) is 17.3. The molecular formula is C25H34N2. The van der Waals surface area contributed by atoms with Crippen molar-refractivity contribution in [1.29, 1.82) is 0 Å². The smallest absolute Gasteiger partial charge is 0.0462 e. The number of hydrogen-bond acceptors (Lipinski definition) is 1. The Balaban J connectivity index is 1.70. The van der Waals surface area contributed by atoms with Crippen LogP contribution in [0, 0.1) is 5.41 Å². The number of nitrogens with one attached hydrogen (secondary N) is 1. The largest absolute Gasteiger partial charge is 0.375 e. The van der Waals surface area contributed by atoms with Crippen LogP contribution in [-0.4, -0.2) is 23.0 Å². The molecule has 2 nitrogen and oxygen atoms in total. The molecule has 1 heterocycles. The van der Waals surface area contributed by atoms with Gasteiger partial charge in [-0.25, -0.2) is 0 Å². The van der Waals surface area contributed by atoms with Gasteiger partial charge in [0.15, 0.2) is 0 Å². The van der Waals surface area contributed by atoms with Gasteiger partial charge in [-0.05, 0) is 60.8 Å². The van der Waals surface area contributed by atoms with Crippen LogP contribution in [0.1, 0.15) is 70.9 Å². The summed E-state index contributed by atoms with van der Waals surface area (Å²) in [6.07, 6.45) is 10.4. The summed E-state index contributed by atoms with van der Waals surface area (Å²) in [7, 11) is 2.34. The normalized spacial score (nSPS) is 20.9. The fraction of sp³-hybridized carbons (Fsp3) is 0.520. The lowest BCUT2D eigenvalue weighted by Gasteiger charge is -2.42. The monoisotopic (exact) mass is 362 g/mol. The molecule has 0 saturated heterocycles. The minimum atomic E-state index is 0.377. The van der Waals surface area contributed by atoms with Gasteiger partial charge in [0.05, 0.1) is 0 Å². The van der Waals surface area contributed by atoms with E-state index in [0.29, 0.717) is 11.5 Å². The van der Waals surface area contributed by atoms with E-state index in [1.807, 2.05) is 0 Å². The molecule has 1 aromatic heterocycles. The summed E-state index contributed by atoms with van der Waals surface area (Å²) in [5.41, 5.74) is 6.98. The number of allylic oxidation sites excluding steroid dienone is 3. The van der Waals surface area contributed by atoms with Crippen LogP contribution in [0.4, 0.5) is 0 Å². The Bertz CT molecular complexity index is 828. The molecule has 2 aliphatic carbocycles. The number of H-pyrrole nitrogens is 1. The van der Waals surface area contributed by atoms with Crippen molar-refractivity contribution in [3.8, 4) is 0 Å². The van der Waals surface area contributed by atoms with Gasteiger partial charge < -0.3 is 9.88 Å². The summed E-state index contributed by atoms with van der Waals surface area (Å²) in [5.74, 6) is 0. The maximum atomic E-state index is 4.55. The van der Waals surface area contributed by atoms with Crippen molar-refractivity contribution in [2.45, 2.75) is 71.3 Å². The second-order valence-electron chi connectivity index (χ2n) is 9.42. The summed E-state index contributed by atoms with van der Waals surface area (Å²) in [6.45, 7) is 9.40. The highest BCUT2D eigenvalue weighted by Crippen LogP contribution is 2.45. The topological polar surface area (TPSA) is 19.0 Å². The summed E-state index contributed by atoms with van der Waals surface area (Å²) in [6, 6.07) is 11.5. The first-order valence-corrected chi connectivity index (χ1v) is 10.7. The number of aromatic nitrogens is 1. The Morgan fingerprint density at radius 1 is 1.15 bits per heavy atom. The Hall–Kier alpha value is -1.96. The van der Waals surface area contributed by atoms with Gasteiger partial charge in [-0.2, -0.15) is 0 Å². The predicted octanol–water partition coefficient (Wildman–Crippen LogP) is 6.91. The number of aromatic amines is 1. The third-order valence-corrected chi connectivity index (χ3v) is 6.81. The molecule has 0 bridgehead atoms. The molecule has 27 heavy (non-hydrogen) atoms. The van der Waals surface area contributed by atoms with Crippen molar-refractivity contribution in [1.82, 2.24) is 9.88 Å². The lowest BCUT2D eigenvalue weighted by molar-refractivity contribution is 0.194. The van der Waals surface area contributed by atoms with Crippen LogP contribution >= 0.6 is 0 Å². The molecule has 4 rings (SSSR count). The Morgan fingerprint density at radius 2 is 1.89 bits per heavy atom. The van der Waals surface area contributed by atoms with E-state index in [2.05, 4.69) is 67.7 Å². The summed E-state index contributed by atoms with van der Waals surface area (Å²) >= 11 is 0. The van der Waals surface area contributed by atoms with E-state index < -0.39 is 0 Å². The van der Waals surface area contributed by atoms with Gasteiger partial charge >= 0.3 is 0 Å². The van der Waals surface area contributed by atoms with Gasteiger partial charge in [0.1, 0.15) is 0 Å². The van der Waals surface area contributed by atoms with E-state index in [1.54, 1.807) is 5.70 Å². The second kappa shape index (κ2) is 7.22. The number of benzene rings is 1. The van der Waals surface area contributed by atoms with E-state index in [-0.39, 0.29) is 0 Å². The molecule has 2 aromatic rings. The van der Waals surface area contributed by atoms with Crippen LogP contribution in [0.15, 0.2) is 48.2 Å². The van der Waals surface area contributed by atoms with Crippen LogP contribution in [0.25, 0.3) is 16.5 Å². The molecule has 0 unspecified atom stereocenters. The van der Waals surface area contributed by atoms with E-state index in [4.69, 9.17) is 0 Å². The predicted molar refractivity (Wildman–Crippen MR) is 117 cm³/mol. The number of para-hydroxylation sites is 1. The fourth-order valence-electron chi connectivity index (χ4n) is 5.01. The van der Waals surface area contributed by atoms with Gasteiger partial charge in [-0.3, -0.25) is 0 Å². The van der Waals surface area contributed by atoms with Gasteiger partial charge in [0, 0.05) is 35.4 Å². The number of nitrogens with zero attached hydrogens (tertiary/aromatic N) is 1. The van der Waals surface area contributed by atoms with E-state index in [1.165, 1.54) is 66.3 Å². The third-order valence-electron chi connectivity index (χ3n) is 6.81.